The Kier molecular flexibility index (Phi) is 5.08. The molecule has 0 aliphatic rings. The lowest BCUT2D eigenvalue weighted by Gasteiger charge is -2.11. The third-order valence-electron chi connectivity index (χ3n) is 3.61. The van der Waals surface area contributed by atoms with Crippen LogP contribution in [-0.4, -0.2) is 19.9 Å². The van der Waals surface area contributed by atoms with Crippen molar-refractivity contribution >= 4 is 44.8 Å². The maximum Gasteiger partial charge on any atom is 0.353 e. The van der Waals surface area contributed by atoms with E-state index in [1.54, 1.807) is 18.3 Å². The van der Waals surface area contributed by atoms with Crippen LogP contribution < -0.4 is 10.6 Å². The molecule has 3 aromatic rings. The summed E-state index contributed by atoms with van der Waals surface area (Å²) in [6.07, 6.45) is 2.85. The minimum absolute atomic E-state index is 0.0621. The number of hydrogen-bond acceptors (Lipinski definition) is 7. The summed E-state index contributed by atoms with van der Waals surface area (Å²) in [6.45, 7) is 3.91. The largest absolute Gasteiger partial charge is 0.353 e. The highest BCUT2D eigenvalue weighted by molar-refractivity contribution is 9.10. The summed E-state index contributed by atoms with van der Waals surface area (Å²) in [7, 11) is 0. The fourth-order valence-electron chi connectivity index (χ4n) is 2.39. The maximum atomic E-state index is 11.6. The van der Waals surface area contributed by atoms with Crippen molar-refractivity contribution in [2.75, 3.05) is 10.6 Å². The first-order valence-electron chi connectivity index (χ1n) is 7.66. The van der Waals surface area contributed by atoms with E-state index < -0.39 is 4.92 Å². The maximum absolute atomic E-state index is 11.6. The molecule has 0 amide bonds. The molecule has 0 aliphatic heterocycles. The number of aromatic nitrogens is 3. The van der Waals surface area contributed by atoms with Crippen molar-refractivity contribution in [1.29, 1.82) is 0 Å². The summed E-state index contributed by atoms with van der Waals surface area (Å²) >= 11 is 3.29. The van der Waals surface area contributed by atoms with Crippen molar-refractivity contribution in [1.82, 2.24) is 15.0 Å². The van der Waals surface area contributed by atoms with Gasteiger partial charge in [-0.1, -0.05) is 17.7 Å². The number of aryl methyl sites for hydroxylation is 2. The van der Waals surface area contributed by atoms with Crippen LogP contribution in [0.5, 0.6) is 0 Å². The van der Waals surface area contributed by atoms with Gasteiger partial charge in [0.05, 0.1) is 4.92 Å². The van der Waals surface area contributed by atoms with Gasteiger partial charge in [-0.15, -0.1) is 0 Å². The Morgan fingerprint density at radius 1 is 1.04 bits per heavy atom. The Labute approximate surface area is 158 Å². The molecule has 2 aromatic heterocycles. The van der Waals surface area contributed by atoms with Gasteiger partial charge in [0.15, 0.2) is 0 Å². The molecular weight excluding hydrogens is 400 g/mol. The average Bonchev–Trinajstić information content (AvgIpc) is 2.59. The topological polar surface area (TPSA) is 106 Å². The van der Waals surface area contributed by atoms with E-state index in [9.17, 15) is 10.1 Å². The normalized spacial score (nSPS) is 10.4. The van der Waals surface area contributed by atoms with E-state index in [0.29, 0.717) is 5.82 Å². The minimum Gasteiger partial charge on any atom is -0.334 e. The van der Waals surface area contributed by atoms with Gasteiger partial charge in [0.2, 0.25) is 11.6 Å². The lowest BCUT2D eigenvalue weighted by Crippen LogP contribution is -2.06. The quantitative estimate of drug-likeness (QED) is 0.462. The molecule has 0 saturated heterocycles. The Morgan fingerprint density at radius 3 is 2.38 bits per heavy atom. The molecule has 26 heavy (non-hydrogen) atoms. The summed E-state index contributed by atoms with van der Waals surface area (Å²) in [5.41, 5.74) is 2.55. The molecule has 1 aromatic carbocycles. The van der Waals surface area contributed by atoms with E-state index in [1.165, 1.54) is 6.33 Å². The molecular formula is C17H15BrN6O2. The first-order chi connectivity index (χ1) is 12.4. The van der Waals surface area contributed by atoms with Crippen molar-refractivity contribution in [3.8, 4) is 0 Å². The molecule has 0 fully saturated rings. The third kappa shape index (κ3) is 3.94. The van der Waals surface area contributed by atoms with E-state index in [2.05, 4.69) is 41.5 Å². The number of pyridine rings is 1. The summed E-state index contributed by atoms with van der Waals surface area (Å²) in [6, 6.07) is 9.23. The van der Waals surface area contributed by atoms with Crippen LogP contribution in [0.3, 0.4) is 0 Å². The Balaban J connectivity index is 1.98. The van der Waals surface area contributed by atoms with Crippen molar-refractivity contribution in [2.45, 2.75) is 13.8 Å². The molecule has 0 bridgehead atoms. The van der Waals surface area contributed by atoms with Gasteiger partial charge in [0.25, 0.3) is 0 Å². The van der Waals surface area contributed by atoms with Crippen LogP contribution in [0.1, 0.15) is 11.1 Å². The first kappa shape index (κ1) is 17.7. The summed E-state index contributed by atoms with van der Waals surface area (Å²) in [4.78, 5) is 23.3. The molecule has 8 nitrogen and oxygen atoms in total. The zero-order valence-corrected chi connectivity index (χ0v) is 15.6. The van der Waals surface area contributed by atoms with Gasteiger partial charge in [-0.25, -0.2) is 15.0 Å². The fraction of sp³-hybridized carbons (Fsp3) is 0.118. The Bertz CT molecular complexity index is 962. The predicted molar refractivity (Wildman–Crippen MR) is 103 cm³/mol. The van der Waals surface area contributed by atoms with Crippen molar-refractivity contribution in [2.24, 2.45) is 0 Å². The highest BCUT2D eigenvalue weighted by atomic mass is 79.9. The Hall–Kier alpha value is -3.07. The van der Waals surface area contributed by atoms with Gasteiger partial charge in [0.1, 0.15) is 12.1 Å². The number of benzene rings is 1. The van der Waals surface area contributed by atoms with Crippen LogP contribution in [0.2, 0.25) is 0 Å². The lowest BCUT2D eigenvalue weighted by atomic mass is 10.1. The highest BCUT2D eigenvalue weighted by Crippen LogP contribution is 2.33. The number of anilines is 4. The van der Waals surface area contributed by atoms with E-state index in [0.717, 1.165) is 21.3 Å². The lowest BCUT2D eigenvalue weighted by molar-refractivity contribution is -0.383. The zero-order chi connectivity index (χ0) is 18.7. The van der Waals surface area contributed by atoms with Crippen LogP contribution >= 0.6 is 15.9 Å². The molecule has 0 atom stereocenters. The molecule has 0 saturated carbocycles. The molecule has 0 aliphatic carbocycles. The monoisotopic (exact) mass is 414 g/mol. The zero-order valence-electron chi connectivity index (χ0n) is 14.0. The Morgan fingerprint density at radius 2 is 1.77 bits per heavy atom. The van der Waals surface area contributed by atoms with Crippen molar-refractivity contribution < 1.29 is 4.92 Å². The molecule has 2 heterocycles. The predicted octanol–water partition coefficient (Wildman–Crippen LogP) is 4.65. The van der Waals surface area contributed by atoms with Gasteiger partial charge >= 0.3 is 5.69 Å². The molecule has 0 spiro atoms. The third-order valence-corrected chi connectivity index (χ3v) is 4.08. The van der Waals surface area contributed by atoms with Crippen LogP contribution in [0.15, 0.2) is 47.3 Å². The number of halogens is 1. The first-order valence-corrected chi connectivity index (χ1v) is 8.45. The van der Waals surface area contributed by atoms with Gasteiger partial charge in [-0.3, -0.25) is 10.1 Å². The standard InChI is InChI=1S/C17H15BrN6O2/c1-10-3-5-13(11(2)7-10)22-16-15(24(25)26)17(21-9-20-16)23-14-6-4-12(18)8-19-14/h3-9H,1-2H3,(H2,19,20,21,22,23). The van der Waals surface area contributed by atoms with E-state index in [1.807, 2.05) is 32.0 Å². The number of nitrogens with one attached hydrogen (secondary N) is 2. The molecule has 2 N–H and O–H groups in total. The molecule has 3 rings (SSSR count). The second-order valence-corrected chi connectivity index (χ2v) is 6.52. The van der Waals surface area contributed by atoms with E-state index in [4.69, 9.17) is 0 Å². The average molecular weight is 415 g/mol. The van der Waals surface area contributed by atoms with Crippen LogP contribution in [0, 0.1) is 24.0 Å². The second kappa shape index (κ2) is 7.44. The van der Waals surface area contributed by atoms with E-state index in [-0.39, 0.29) is 17.3 Å². The summed E-state index contributed by atoms with van der Waals surface area (Å²) in [5, 5.41) is 17.5. The number of nitro groups is 1. The molecule has 0 unspecified atom stereocenters. The van der Waals surface area contributed by atoms with Crippen molar-refractivity contribution in [3.63, 3.8) is 0 Å². The smallest absolute Gasteiger partial charge is 0.334 e. The van der Waals surface area contributed by atoms with Gasteiger partial charge in [-0.2, -0.15) is 0 Å². The van der Waals surface area contributed by atoms with Crippen LogP contribution in [-0.2, 0) is 0 Å². The van der Waals surface area contributed by atoms with Crippen molar-refractivity contribution in [3.05, 3.63) is 68.6 Å². The second-order valence-electron chi connectivity index (χ2n) is 5.61. The van der Waals surface area contributed by atoms with Gasteiger partial charge < -0.3 is 10.6 Å². The minimum atomic E-state index is -0.521. The van der Waals surface area contributed by atoms with Gasteiger partial charge in [-0.05, 0) is 53.5 Å². The van der Waals surface area contributed by atoms with Gasteiger partial charge in [0, 0.05) is 16.4 Å². The molecule has 132 valence electrons. The summed E-state index contributed by atoms with van der Waals surface area (Å²) < 4.78 is 0.803. The fourth-order valence-corrected chi connectivity index (χ4v) is 2.62. The summed E-state index contributed by atoms with van der Waals surface area (Å²) in [5.74, 6) is 0.608. The highest BCUT2D eigenvalue weighted by Gasteiger charge is 2.24. The number of nitrogens with zero attached hydrogens (tertiary/aromatic N) is 4. The SMILES string of the molecule is Cc1ccc(Nc2ncnc(Nc3ccc(Br)cn3)c2[N+](=O)[O-])c(C)c1. The van der Waals surface area contributed by atoms with Crippen LogP contribution in [0.25, 0.3) is 0 Å². The molecule has 0 radical (unpaired) electrons. The molecule has 9 heteroatoms. The number of rotatable bonds is 5. The van der Waals surface area contributed by atoms with Crippen LogP contribution in [0.4, 0.5) is 28.8 Å². The number of hydrogen-bond donors (Lipinski definition) is 2. The van der Waals surface area contributed by atoms with E-state index >= 15 is 0 Å².